The molecule has 5 rings (SSSR count). The highest BCUT2D eigenvalue weighted by Gasteiger charge is 2.29. The van der Waals surface area contributed by atoms with Crippen LogP contribution in [0.15, 0.2) is 60.8 Å². The van der Waals surface area contributed by atoms with Gasteiger partial charge < -0.3 is 24.4 Å². The number of ether oxygens (including phenoxy) is 3. The maximum atomic E-state index is 13.2. The predicted octanol–water partition coefficient (Wildman–Crippen LogP) is 7.63. The average molecular weight is 692 g/mol. The second-order valence-electron chi connectivity index (χ2n) is 12.3. The van der Waals surface area contributed by atoms with Gasteiger partial charge in [-0.3, -0.25) is 14.6 Å². The summed E-state index contributed by atoms with van der Waals surface area (Å²) in [4.78, 5) is 47.3. The highest BCUT2D eigenvalue weighted by molar-refractivity contribution is 6.39. The second-order valence-corrected chi connectivity index (χ2v) is 13.0. The zero-order chi connectivity index (χ0) is 34.6. The molecule has 0 spiro atoms. The molecule has 2 aromatic heterocycles. The molecule has 250 valence electrons. The molecule has 2 amide bonds. The van der Waals surface area contributed by atoms with Crippen LogP contribution in [0.4, 0.5) is 4.79 Å². The van der Waals surface area contributed by atoms with Crippen LogP contribution in [0.2, 0.25) is 10.0 Å². The molecule has 3 heterocycles. The van der Waals surface area contributed by atoms with Crippen molar-refractivity contribution in [2.45, 2.75) is 51.8 Å². The summed E-state index contributed by atoms with van der Waals surface area (Å²) < 4.78 is 16.7. The van der Waals surface area contributed by atoms with Gasteiger partial charge in [-0.15, -0.1) is 0 Å². The summed E-state index contributed by atoms with van der Waals surface area (Å²) in [5.41, 5.74) is 4.06. The fourth-order valence-electron chi connectivity index (χ4n) is 5.48. The summed E-state index contributed by atoms with van der Waals surface area (Å²) in [5.74, 6) is 0.688. The van der Waals surface area contributed by atoms with Crippen LogP contribution >= 0.6 is 23.2 Å². The molecule has 1 aliphatic heterocycles. The summed E-state index contributed by atoms with van der Waals surface area (Å²) in [7, 11) is 3.00. The standard InChI is InChI=1S/C36H36Cl2N4O6/c1-36(2,3)48-35(45)42(19-24-12-14-30(44)40-24)18-22-11-13-28(41-34(22)47-5)27-8-6-7-25(31(27)37)26-15-16-39-33(32(26)38)21-9-10-23(20-43)29(17-21)46-4/h6-11,13,15-17,20,24H,12,14,18-19H2,1-5H3,(H,40,44)/t24-/m0/s1. The second kappa shape index (κ2) is 14.6. The fraction of sp³-hybridized carbons (Fsp3) is 0.306. The molecule has 0 radical (unpaired) electrons. The number of carbonyl (C=O) groups excluding carboxylic acids is 3. The van der Waals surface area contributed by atoms with Gasteiger partial charge in [0.2, 0.25) is 11.8 Å². The van der Waals surface area contributed by atoms with Crippen LogP contribution in [0, 0.1) is 0 Å². The minimum atomic E-state index is -0.700. The normalized spacial score (nSPS) is 14.3. The van der Waals surface area contributed by atoms with Gasteiger partial charge in [-0.25, -0.2) is 9.78 Å². The van der Waals surface area contributed by atoms with Gasteiger partial charge in [0, 0.05) is 53.0 Å². The summed E-state index contributed by atoms with van der Waals surface area (Å²) in [6.07, 6.45) is 2.91. The molecule has 1 saturated heterocycles. The van der Waals surface area contributed by atoms with E-state index >= 15 is 0 Å². The topological polar surface area (TPSA) is 120 Å². The third-order valence-electron chi connectivity index (χ3n) is 7.76. The number of hydrogen-bond acceptors (Lipinski definition) is 8. The van der Waals surface area contributed by atoms with E-state index in [0.29, 0.717) is 79.3 Å². The Morgan fingerprint density at radius 2 is 1.77 bits per heavy atom. The third kappa shape index (κ3) is 7.72. The number of rotatable bonds is 10. The molecule has 4 aromatic rings. The van der Waals surface area contributed by atoms with Crippen LogP contribution in [-0.4, -0.2) is 65.6 Å². The van der Waals surface area contributed by atoms with Crippen LogP contribution in [-0.2, 0) is 16.1 Å². The maximum absolute atomic E-state index is 13.2. The Balaban J connectivity index is 1.47. The van der Waals surface area contributed by atoms with Gasteiger partial charge in [0.05, 0.1) is 47.8 Å². The van der Waals surface area contributed by atoms with Crippen molar-refractivity contribution in [3.05, 3.63) is 82.0 Å². The van der Waals surface area contributed by atoms with Crippen molar-refractivity contribution < 1.29 is 28.6 Å². The zero-order valence-electron chi connectivity index (χ0n) is 27.3. The lowest BCUT2D eigenvalue weighted by Crippen LogP contribution is -2.43. The van der Waals surface area contributed by atoms with Crippen molar-refractivity contribution in [1.82, 2.24) is 20.2 Å². The molecular weight excluding hydrogens is 655 g/mol. The molecule has 10 nitrogen and oxygen atoms in total. The molecule has 12 heteroatoms. The number of aromatic nitrogens is 2. The Morgan fingerprint density at radius 1 is 1.02 bits per heavy atom. The van der Waals surface area contributed by atoms with E-state index in [1.807, 2.05) is 30.3 Å². The van der Waals surface area contributed by atoms with Crippen LogP contribution in [0.25, 0.3) is 33.6 Å². The van der Waals surface area contributed by atoms with E-state index in [4.69, 9.17) is 42.4 Å². The Morgan fingerprint density at radius 3 is 2.44 bits per heavy atom. The van der Waals surface area contributed by atoms with Gasteiger partial charge in [-0.2, -0.15) is 0 Å². The van der Waals surface area contributed by atoms with E-state index in [9.17, 15) is 14.4 Å². The monoisotopic (exact) mass is 690 g/mol. The number of aldehydes is 1. The zero-order valence-corrected chi connectivity index (χ0v) is 28.8. The number of hydrogen-bond donors (Lipinski definition) is 1. The van der Waals surface area contributed by atoms with Crippen molar-refractivity contribution in [1.29, 1.82) is 0 Å². The molecular formula is C36H36Cl2N4O6. The predicted molar refractivity (Wildman–Crippen MR) is 185 cm³/mol. The molecule has 1 N–H and O–H groups in total. The number of amides is 2. The van der Waals surface area contributed by atoms with Gasteiger partial charge in [0.15, 0.2) is 6.29 Å². The number of carbonyl (C=O) groups is 3. The molecule has 0 aliphatic carbocycles. The van der Waals surface area contributed by atoms with Gasteiger partial charge in [-0.05, 0) is 57.5 Å². The highest BCUT2D eigenvalue weighted by atomic mass is 35.5. The summed E-state index contributed by atoms with van der Waals surface area (Å²) in [6, 6.07) is 15.9. The molecule has 0 bridgehead atoms. The Bertz CT molecular complexity index is 1860. The van der Waals surface area contributed by atoms with Gasteiger partial charge in [-0.1, -0.05) is 47.5 Å². The molecule has 1 fully saturated rings. The molecule has 0 unspecified atom stereocenters. The van der Waals surface area contributed by atoms with E-state index in [1.54, 1.807) is 56.1 Å². The van der Waals surface area contributed by atoms with E-state index in [0.717, 1.165) is 6.29 Å². The molecule has 1 aliphatic rings. The smallest absolute Gasteiger partial charge is 0.410 e. The Labute approximate surface area is 289 Å². The van der Waals surface area contributed by atoms with Crippen LogP contribution in [0.3, 0.4) is 0 Å². The number of nitrogens with one attached hydrogen (secondary N) is 1. The number of halogens is 2. The lowest BCUT2D eigenvalue weighted by molar-refractivity contribution is -0.119. The number of methoxy groups -OCH3 is 2. The van der Waals surface area contributed by atoms with Crippen LogP contribution in [0.1, 0.15) is 49.5 Å². The average Bonchev–Trinajstić information content (AvgIpc) is 3.48. The molecule has 1 atom stereocenters. The number of benzene rings is 2. The quantitative estimate of drug-likeness (QED) is 0.169. The molecule has 48 heavy (non-hydrogen) atoms. The fourth-order valence-corrected chi connectivity index (χ4v) is 6.13. The van der Waals surface area contributed by atoms with Crippen molar-refractivity contribution in [3.8, 4) is 45.3 Å². The first kappa shape index (κ1) is 34.7. The van der Waals surface area contributed by atoms with Crippen molar-refractivity contribution in [3.63, 3.8) is 0 Å². The van der Waals surface area contributed by atoms with Crippen molar-refractivity contribution in [2.75, 3.05) is 20.8 Å². The van der Waals surface area contributed by atoms with Crippen molar-refractivity contribution in [2.24, 2.45) is 0 Å². The first-order chi connectivity index (χ1) is 22.9. The first-order valence-corrected chi connectivity index (χ1v) is 16.1. The van der Waals surface area contributed by atoms with Gasteiger partial charge >= 0.3 is 6.09 Å². The maximum Gasteiger partial charge on any atom is 0.410 e. The minimum Gasteiger partial charge on any atom is -0.496 e. The van der Waals surface area contributed by atoms with Gasteiger partial charge in [0.1, 0.15) is 11.4 Å². The SMILES string of the molecule is COc1cc(-c2nccc(-c3cccc(-c4ccc(CN(C[C@@H]5CCC(=O)N5)C(=O)OC(C)(C)C)c(OC)n4)c3Cl)c2Cl)ccc1C=O. The summed E-state index contributed by atoms with van der Waals surface area (Å²) in [5, 5.41) is 3.71. The van der Waals surface area contributed by atoms with Gasteiger partial charge in [0.25, 0.3) is 0 Å². The minimum absolute atomic E-state index is 0.0374. The Kier molecular flexibility index (Phi) is 10.6. The third-order valence-corrected chi connectivity index (χ3v) is 8.55. The number of nitrogens with zero attached hydrogens (tertiary/aromatic N) is 3. The van der Waals surface area contributed by atoms with E-state index in [-0.39, 0.29) is 25.0 Å². The lowest BCUT2D eigenvalue weighted by Gasteiger charge is -2.29. The van der Waals surface area contributed by atoms with E-state index in [2.05, 4.69) is 10.3 Å². The van der Waals surface area contributed by atoms with E-state index < -0.39 is 11.7 Å². The summed E-state index contributed by atoms with van der Waals surface area (Å²) >= 11 is 14.0. The first-order valence-electron chi connectivity index (χ1n) is 15.3. The molecule has 2 aromatic carbocycles. The Hall–Kier alpha value is -4.67. The van der Waals surface area contributed by atoms with Crippen LogP contribution in [0.5, 0.6) is 11.6 Å². The lowest BCUT2D eigenvalue weighted by atomic mass is 9.99. The largest absolute Gasteiger partial charge is 0.496 e. The van der Waals surface area contributed by atoms with Crippen LogP contribution < -0.4 is 14.8 Å². The van der Waals surface area contributed by atoms with E-state index in [1.165, 1.54) is 14.2 Å². The molecule has 0 saturated carbocycles. The number of pyridine rings is 2. The van der Waals surface area contributed by atoms with Crippen molar-refractivity contribution >= 4 is 41.5 Å². The highest BCUT2D eigenvalue weighted by Crippen LogP contribution is 2.42. The summed E-state index contributed by atoms with van der Waals surface area (Å²) in [6.45, 7) is 5.84.